The summed E-state index contributed by atoms with van der Waals surface area (Å²) in [5.41, 5.74) is 15.1. The van der Waals surface area contributed by atoms with E-state index in [2.05, 4.69) is 31.2 Å². The third-order valence-electron chi connectivity index (χ3n) is 7.95. The van der Waals surface area contributed by atoms with Crippen molar-refractivity contribution in [2.45, 2.75) is 50.0 Å². The molecule has 5 rings (SSSR count). The van der Waals surface area contributed by atoms with Crippen molar-refractivity contribution < 1.29 is 33.8 Å². The molecule has 3 heterocycles. The Morgan fingerprint density at radius 2 is 1.85 bits per heavy atom. The van der Waals surface area contributed by atoms with Crippen molar-refractivity contribution in [1.29, 1.82) is 0 Å². The average Bonchev–Trinajstić information content (AvgIpc) is 3.64. The first-order valence-corrected chi connectivity index (χ1v) is 14.6. The zero-order chi connectivity index (χ0) is 33.1. The van der Waals surface area contributed by atoms with Crippen molar-refractivity contribution in [1.82, 2.24) is 31.2 Å². The number of carbonyl (C=O) groups excluding carboxylic acids is 5. The zero-order valence-corrected chi connectivity index (χ0v) is 25.2. The van der Waals surface area contributed by atoms with Gasteiger partial charge in [-0.25, -0.2) is 0 Å². The Kier molecular flexibility index (Phi) is 9.25. The maximum Gasteiger partial charge on any atom is 0.247 e. The van der Waals surface area contributed by atoms with Crippen molar-refractivity contribution in [3.63, 3.8) is 0 Å². The molecule has 15 nitrogen and oxygen atoms in total. The highest BCUT2D eigenvalue weighted by Gasteiger charge is 2.39. The highest BCUT2D eigenvalue weighted by Crippen LogP contribution is 2.35. The first-order chi connectivity index (χ1) is 22.0. The van der Waals surface area contributed by atoms with E-state index in [1.165, 1.54) is 7.05 Å². The number of hydrogen-bond donors (Lipinski definition) is 9. The van der Waals surface area contributed by atoms with Crippen LogP contribution < -0.4 is 37.5 Å². The number of benzene rings is 2. The van der Waals surface area contributed by atoms with Crippen molar-refractivity contribution >= 4 is 51.3 Å². The summed E-state index contributed by atoms with van der Waals surface area (Å²) in [5.74, 6) is -3.80. The molecule has 15 heteroatoms. The van der Waals surface area contributed by atoms with E-state index in [1.807, 2.05) is 31.2 Å². The van der Waals surface area contributed by atoms with Crippen LogP contribution in [0.5, 0.6) is 5.75 Å². The van der Waals surface area contributed by atoms with Gasteiger partial charge in [0, 0.05) is 41.3 Å². The lowest BCUT2D eigenvalue weighted by Gasteiger charge is -2.31. The summed E-state index contributed by atoms with van der Waals surface area (Å²) in [5, 5.41) is 21.2. The fraction of sp³-hybridized carbons (Fsp3) is 0.323. The van der Waals surface area contributed by atoms with Gasteiger partial charge in [-0.3, -0.25) is 24.0 Å². The number of amides is 5. The van der Waals surface area contributed by atoms with Gasteiger partial charge in [0.25, 0.3) is 0 Å². The van der Waals surface area contributed by atoms with E-state index in [4.69, 9.17) is 16.2 Å². The molecule has 4 aromatic rings. The van der Waals surface area contributed by atoms with E-state index in [0.29, 0.717) is 33.2 Å². The van der Waals surface area contributed by atoms with E-state index in [1.54, 1.807) is 24.5 Å². The molecule has 0 unspecified atom stereocenters. The van der Waals surface area contributed by atoms with Crippen LogP contribution in [0.15, 0.2) is 48.8 Å². The standard InChI is InChI=1S/C31H36N8O7/c1-14-6-7-17-18(12-35-20(17)8-14)27-26(31(45)38-22(13-40)29(43)34-2)39-30(44)21(10-24(33)41)37-28(42)19(32)9-15-11-36-25-16(15)4-3-5-23(25)46-27/h3-8,11-12,19,21-22,26-27,35-36,40H,9-10,13,32H2,1-2H3,(H2,33,41)(H,34,43)(H,37,42)(H,38,45)(H,39,44)/t19-,21-,22-,26-,27+/m0/s1. The summed E-state index contributed by atoms with van der Waals surface area (Å²) in [6.07, 6.45) is 1.59. The van der Waals surface area contributed by atoms with E-state index in [9.17, 15) is 29.1 Å². The average molecular weight is 633 g/mol. The van der Waals surface area contributed by atoms with Crippen LogP contribution in [-0.2, 0) is 30.4 Å². The van der Waals surface area contributed by atoms with Crippen LogP contribution >= 0.6 is 0 Å². The highest BCUT2D eigenvalue weighted by atomic mass is 16.5. The summed E-state index contributed by atoms with van der Waals surface area (Å²) < 4.78 is 6.61. The lowest BCUT2D eigenvalue weighted by molar-refractivity contribution is -0.136. The lowest BCUT2D eigenvalue weighted by atomic mass is 9.98. The largest absolute Gasteiger partial charge is 0.481 e. The van der Waals surface area contributed by atoms with E-state index < -0.39 is 72.8 Å². The number of aliphatic hydroxyl groups is 1. The number of nitrogens with one attached hydrogen (secondary N) is 6. The summed E-state index contributed by atoms with van der Waals surface area (Å²) in [4.78, 5) is 71.8. The molecule has 46 heavy (non-hydrogen) atoms. The minimum Gasteiger partial charge on any atom is -0.481 e. The number of primary amides is 1. The number of aromatic nitrogens is 2. The van der Waals surface area contributed by atoms with Gasteiger partial charge < -0.3 is 52.5 Å². The summed E-state index contributed by atoms with van der Waals surface area (Å²) in [6, 6.07) is 5.31. The molecular formula is C31H36N8O7. The summed E-state index contributed by atoms with van der Waals surface area (Å²) in [6.45, 7) is 1.18. The Balaban J connectivity index is 1.71. The maximum atomic E-state index is 14.1. The second kappa shape index (κ2) is 13.3. The molecular weight excluding hydrogens is 596 g/mol. The lowest BCUT2D eigenvalue weighted by Crippen LogP contribution is -2.60. The van der Waals surface area contributed by atoms with Crippen LogP contribution in [0, 0.1) is 6.92 Å². The van der Waals surface area contributed by atoms with Crippen molar-refractivity contribution in [3.8, 4) is 5.75 Å². The van der Waals surface area contributed by atoms with E-state index in [-0.39, 0.29) is 6.42 Å². The molecule has 0 saturated heterocycles. The smallest absolute Gasteiger partial charge is 0.247 e. The number of aryl methyl sites for hydroxylation is 1. The second-order valence-corrected chi connectivity index (χ2v) is 11.2. The molecule has 2 aromatic carbocycles. The summed E-state index contributed by atoms with van der Waals surface area (Å²) >= 11 is 0. The van der Waals surface area contributed by atoms with Crippen LogP contribution in [0.4, 0.5) is 0 Å². The number of ether oxygens (including phenoxy) is 1. The number of hydrogen-bond acceptors (Lipinski definition) is 8. The number of likely N-dealkylation sites (N-methyl/N-ethyl adjacent to an activating group) is 1. The number of nitrogens with two attached hydrogens (primary N) is 2. The molecule has 1 aliphatic heterocycles. The molecule has 242 valence electrons. The molecule has 4 bridgehead atoms. The number of aromatic amines is 2. The molecule has 1 aliphatic rings. The fourth-order valence-electron chi connectivity index (χ4n) is 5.58. The highest BCUT2D eigenvalue weighted by molar-refractivity contribution is 5.98. The zero-order valence-electron chi connectivity index (χ0n) is 25.2. The van der Waals surface area contributed by atoms with Crippen molar-refractivity contribution in [2.75, 3.05) is 13.7 Å². The van der Waals surface area contributed by atoms with Gasteiger partial charge in [-0.05, 0) is 36.6 Å². The van der Waals surface area contributed by atoms with E-state index >= 15 is 0 Å². The van der Waals surface area contributed by atoms with Crippen molar-refractivity contribution in [3.05, 3.63) is 65.5 Å². The minimum atomic E-state index is -1.58. The van der Waals surface area contributed by atoms with Crippen LogP contribution in [0.1, 0.15) is 29.2 Å². The number of rotatable bonds is 7. The molecule has 0 aliphatic carbocycles. The predicted octanol–water partition coefficient (Wildman–Crippen LogP) is -0.971. The first-order valence-electron chi connectivity index (χ1n) is 14.6. The Hall–Kier alpha value is -5.41. The van der Waals surface area contributed by atoms with Gasteiger partial charge in [0.2, 0.25) is 29.5 Å². The Morgan fingerprint density at radius 1 is 1.07 bits per heavy atom. The molecule has 5 atom stereocenters. The van der Waals surface area contributed by atoms with Crippen LogP contribution in [0.3, 0.4) is 0 Å². The molecule has 0 radical (unpaired) electrons. The molecule has 0 fully saturated rings. The maximum absolute atomic E-state index is 14.1. The first kappa shape index (κ1) is 32.0. The van der Waals surface area contributed by atoms with Crippen LogP contribution in [0.25, 0.3) is 21.8 Å². The molecule has 0 spiro atoms. The third-order valence-corrected chi connectivity index (χ3v) is 7.95. The second-order valence-electron chi connectivity index (χ2n) is 11.2. The van der Waals surface area contributed by atoms with Crippen molar-refractivity contribution in [2.24, 2.45) is 11.5 Å². The van der Waals surface area contributed by atoms with Gasteiger partial charge in [0.15, 0.2) is 6.10 Å². The SMILES string of the molecule is CNC(=O)[C@H](CO)NC(=O)[C@H]1NC(=O)[C@H](CC(N)=O)NC(=O)[C@@H](N)Cc2c[nH]c3c(cccc23)O[C@@H]1c1c[nH]c2cc(C)ccc12. The third kappa shape index (κ3) is 6.50. The Bertz CT molecular complexity index is 1810. The number of fused-ring (bicyclic) bond motifs is 1. The number of para-hydroxylation sites is 1. The van der Waals surface area contributed by atoms with Gasteiger partial charge in [0.1, 0.15) is 23.9 Å². The van der Waals surface area contributed by atoms with Gasteiger partial charge in [-0.2, -0.15) is 0 Å². The van der Waals surface area contributed by atoms with Crippen LogP contribution in [0.2, 0.25) is 0 Å². The quantitative estimate of drug-likeness (QED) is 0.122. The molecule has 2 aromatic heterocycles. The molecule has 11 N–H and O–H groups in total. The summed E-state index contributed by atoms with van der Waals surface area (Å²) in [7, 11) is 1.34. The number of H-pyrrole nitrogens is 2. The van der Waals surface area contributed by atoms with Gasteiger partial charge >= 0.3 is 0 Å². The minimum absolute atomic E-state index is 0.0957. The predicted molar refractivity (Wildman–Crippen MR) is 167 cm³/mol. The van der Waals surface area contributed by atoms with Crippen LogP contribution in [-0.4, -0.2) is 82.4 Å². The van der Waals surface area contributed by atoms with Gasteiger partial charge in [0.05, 0.1) is 24.6 Å². The number of carbonyl (C=O) groups is 5. The van der Waals surface area contributed by atoms with Gasteiger partial charge in [-0.15, -0.1) is 0 Å². The Labute approximate surface area is 262 Å². The fourth-order valence-corrected chi connectivity index (χ4v) is 5.58. The van der Waals surface area contributed by atoms with E-state index in [0.717, 1.165) is 11.1 Å². The topological polar surface area (TPSA) is 247 Å². The Morgan fingerprint density at radius 3 is 2.57 bits per heavy atom. The molecule has 0 saturated carbocycles. The monoisotopic (exact) mass is 632 g/mol. The normalized spacial score (nSPS) is 21.1. The number of aliphatic hydroxyl groups excluding tert-OH is 1. The molecule has 5 amide bonds. The van der Waals surface area contributed by atoms with Gasteiger partial charge in [-0.1, -0.05) is 24.3 Å².